The first kappa shape index (κ1) is 12.7. The molecule has 0 aromatic rings. The molecule has 0 bridgehead atoms. The van der Waals surface area contributed by atoms with E-state index in [1.807, 2.05) is 0 Å². The summed E-state index contributed by atoms with van der Waals surface area (Å²) >= 11 is 0. The molecule has 6 heteroatoms. The van der Waals surface area contributed by atoms with Crippen LogP contribution in [-0.2, 0) is 19.0 Å². The zero-order valence-corrected chi connectivity index (χ0v) is 8.28. The standard InChI is InChI=1S/C8H13FO5/c1-5(2)12-8(11)14-6(3)13-7(10)4-9/h5-6H,4H2,1-3H3. The third-order valence-electron chi connectivity index (χ3n) is 1.00. The summed E-state index contributed by atoms with van der Waals surface area (Å²) in [5.41, 5.74) is 0. The van der Waals surface area contributed by atoms with Crippen molar-refractivity contribution < 1.29 is 28.2 Å². The first-order valence-electron chi connectivity index (χ1n) is 4.08. The average molecular weight is 208 g/mol. The maximum absolute atomic E-state index is 11.6. The normalized spacial score (nSPS) is 12.1. The molecule has 0 saturated carbocycles. The fraction of sp³-hybridized carbons (Fsp3) is 0.750. The maximum atomic E-state index is 11.6. The Bertz CT molecular complexity index is 204. The van der Waals surface area contributed by atoms with E-state index in [1.54, 1.807) is 13.8 Å². The Morgan fingerprint density at radius 1 is 1.14 bits per heavy atom. The number of rotatable bonds is 4. The minimum absolute atomic E-state index is 0.327. The smallest absolute Gasteiger partial charge is 0.431 e. The summed E-state index contributed by atoms with van der Waals surface area (Å²) in [6, 6.07) is 0. The molecule has 0 radical (unpaired) electrons. The Hall–Kier alpha value is -1.33. The number of halogens is 1. The zero-order valence-electron chi connectivity index (χ0n) is 8.28. The molecule has 0 amide bonds. The lowest BCUT2D eigenvalue weighted by Gasteiger charge is -2.14. The van der Waals surface area contributed by atoms with Crippen molar-refractivity contribution in [1.29, 1.82) is 0 Å². The van der Waals surface area contributed by atoms with Crippen LogP contribution in [0.15, 0.2) is 0 Å². The van der Waals surface area contributed by atoms with Crippen LogP contribution in [0.3, 0.4) is 0 Å². The van der Waals surface area contributed by atoms with E-state index in [4.69, 9.17) is 0 Å². The third-order valence-corrected chi connectivity index (χ3v) is 1.00. The van der Waals surface area contributed by atoms with E-state index in [-0.39, 0.29) is 6.10 Å². The molecular formula is C8H13FO5. The Morgan fingerprint density at radius 2 is 1.71 bits per heavy atom. The molecule has 0 N–H and O–H groups in total. The van der Waals surface area contributed by atoms with Gasteiger partial charge in [0.2, 0.25) is 6.29 Å². The van der Waals surface area contributed by atoms with Gasteiger partial charge in [-0.25, -0.2) is 14.0 Å². The van der Waals surface area contributed by atoms with Crippen molar-refractivity contribution in [1.82, 2.24) is 0 Å². The maximum Gasteiger partial charge on any atom is 0.511 e. The largest absolute Gasteiger partial charge is 0.511 e. The van der Waals surface area contributed by atoms with Crippen LogP contribution in [0.25, 0.3) is 0 Å². The highest BCUT2D eigenvalue weighted by Gasteiger charge is 2.15. The molecule has 0 aromatic heterocycles. The highest BCUT2D eigenvalue weighted by molar-refractivity contribution is 5.70. The van der Waals surface area contributed by atoms with E-state index in [9.17, 15) is 14.0 Å². The second-order valence-corrected chi connectivity index (χ2v) is 2.73. The Labute approximate surface area is 81.1 Å². The number of ether oxygens (including phenoxy) is 3. The summed E-state index contributed by atoms with van der Waals surface area (Å²) in [4.78, 5) is 21.2. The number of alkyl halides is 1. The first-order valence-corrected chi connectivity index (χ1v) is 4.08. The molecule has 0 aliphatic rings. The second kappa shape index (κ2) is 6.17. The molecule has 0 fully saturated rings. The highest BCUT2D eigenvalue weighted by atomic mass is 19.1. The van der Waals surface area contributed by atoms with Gasteiger partial charge in [-0.2, -0.15) is 0 Å². The van der Waals surface area contributed by atoms with Crippen LogP contribution < -0.4 is 0 Å². The van der Waals surface area contributed by atoms with E-state index in [1.165, 1.54) is 6.92 Å². The predicted octanol–water partition coefficient (Wildman–Crippen LogP) is 1.41. The lowest BCUT2D eigenvalue weighted by Crippen LogP contribution is -2.24. The fourth-order valence-electron chi connectivity index (χ4n) is 0.596. The van der Waals surface area contributed by atoms with Gasteiger partial charge in [-0.3, -0.25) is 0 Å². The van der Waals surface area contributed by atoms with Crippen LogP contribution in [0, 0.1) is 0 Å². The van der Waals surface area contributed by atoms with Gasteiger partial charge >= 0.3 is 12.1 Å². The van der Waals surface area contributed by atoms with E-state index in [0.717, 1.165) is 0 Å². The van der Waals surface area contributed by atoms with Crippen LogP contribution in [0.4, 0.5) is 9.18 Å². The van der Waals surface area contributed by atoms with Gasteiger partial charge in [0.15, 0.2) is 6.67 Å². The van der Waals surface area contributed by atoms with Gasteiger partial charge in [0.25, 0.3) is 0 Å². The molecule has 0 aliphatic heterocycles. The SMILES string of the molecule is CC(C)OC(=O)OC(C)OC(=O)CF. The Balaban J connectivity index is 3.76. The molecule has 1 atom stereocenters. The van der Waals surface area contributed by atoms with E-state index >= 15 is 0 Å². The van der Waals surface area contributed by atoms with Crippen molar-refractivity contribution in [2.45, 2.75) is 33.2 Å². The molecule has 1 unspecified atom stereocenters. The zero-order chi connectivity index (χ0) is 11.1. The number of esters is 1. The van der Waals surface area contributed by atoms with Crippen LogP contribution in [0.5, 0.6) is 0 Å². The second-order valence-electron chi connectivity index (χ2n) is 2.73. The van der Waals surface area contributed by atoms with E-state index in [2.05, 4.69) is 14.2 Å². The number of hydrogen-bond acceptors (Lipinski definition) is 5. The minimum atomic E-state index is -1.26. The summed E-state index contributed by atoms with van der Waals surface area (Å²) in [5.74, 6) is -1.09. The first-order chi connectivity index (χ1) is 6.45. The van der Waals surface area contributed by atoms with Gasteiger partial charge < -0.3 is 14.2 Å². The molecule has 14 heavy (non-hydrogen) atoms. The van der Waals surface area contributed by atoms with Crippen molar-refractivity contribution in [3.05, 3.63) is 0 Å². The van der Waals surface area contributed by atoms with E-state index < -0.39 is 25.1 Å². The van der Waals surface area contributed by atoms with Crippen molar-refractivity contribution >= 4 is 12.1 Å². The fourth-order valence-corrected chi connectivity index (χ4v) is 0.596. The minimum Gasteiger partial charge on any atom is -0.431 e. The topological polar surface area (TPSA) is 61.8 Å². The van der Waals surface area contributed by atoms with Crippen LogP contribution in [0.1, 0.15) is 20.8 Å². The van der Waals surface area contributed by atoms with Crippen LogP contribution >= 0.6 is 0 Å². The summed E-state index contributed by atoms with van der Waals surface area (Å²) in [6.45, 7) is 3.31. The Kier molecular flexibility index (Phi) is 5.59. The quantitative estimate of drug-likeness (QED) is 0.516. The van der Waals surface area contributed by atoms with Gasteiger partial charge in [-0.05, 0) is 13.8 Å². The molecule has 82 valence electrons. The van der Waals surface area contributed by atoms with Gasteiger partial charge in [-0.1, -0.05) is 0 Å². The van der Waals surface area contributed by atoms with Crippen molar-refractivity contribution in [3.8, 4) is 0 Å². The Morgan fingerprint density at radius 3 is 2.14 bits per heavy atom. The summed E-state index contributed by atoms with van der Waals surface area (Å²) in [7, 11) is 0. The summed E-state index contributed by atoms with van der Waals surface area (Å²) in [6.07, 6.45) is -2.43. The number of carbonyl (C=O) groups is 2. The van der Waals surface area contributed by atoms with Crippen molar-refractivity contribution in [2.24, 2.45) is 0 Å². The molecule has 0 rings (SSSR count). The van der Waals surface area contributed by atoms with Crippen LogP contribution in [0.2, 0.25) is 0 Å². The van der Waals surface area contributed by atoms with Crippen molar-refractivity contribution in [3.63, 3.8) is 0 Å². The van der Waals surface area contributed by atoms with Gasteiger partial charge in [0.05, 0.1) is 6.10 Å². The molecule has 0 spiro atoms. The highest BCUT2D eigenvalue weighted by Crippen LogP contribution is 1.99. The van der Waals surface area contributed by atoms with Gasteiger partial charge in [0.1, 0.15) is 0 Å². The van der Waals surface area contributed by atoms with Crippen LogP contribution in [-0.4, -0.2) is 31.2 Å². The third kappa shape index (κ3) is 6.22. The lowest BCUT2D eigenvalue weighted by atomic mass is 10.5. The molecular weight excluding hydrogens is 195 g/mol. The van der Waals surface area contributed by atoms with Gasteiger partial charge in [-0.15, -0.1) is 0 Å². The lowest BCUT2D eigenvalue weighted by molar-refractivity contribution is -0.169. The molecule has 5 nitrogen and oxygen atoms in total. The summed E-state index contributed by atoms with van der Waals surface area (Å²) in [5, 5.41) is 0. The number of carbonyl (C=O) groups excluding carboxylic acids is 2. The molecule has 0 aromatic carbocycles. The predicted molar refractivity (Wildman–Crippen MR) is 44.2 cm³/mol. The molecule has 0 aliphatic carbocycles. The van der Waals surface area contributed by atoms with E-state index in [0.29, 0.717) is 0 Å². The monoisotopic (exact) mass is 208 g/mol. The van der Waals surface area contributed by atoms with Gasteiger partial charge in [0, 0.05) is 6.92 Å². The average Bonchev–Trinajstić information content (AvgIpc) is 2.01. The molecule has 0 saturated heterocycles. The van der Waals surface area contributed by atoms with Crippen molar-refractivity contribution in [2.75, 3.05) is 6.67 Å². The number of hydrogen-bond donors (Lipinski definition) is 0. The molecule has 0 heterocycles. The summed E-state index contributed by atoms with van der Waals surface area (Å²) < 4.78 is 25.0.